The van der Waals surface area contributed by atoms with Crippen LogP contribution in [0.4, 0.5) is 0 Å². The number of hydrogen-bond acceptors (Lipinski definition) is 4. The second-order valence-electron chi connectivity index (χ2n) is 21.2. The Labute approximate surface area is 313 Å². The first-order valence-electron chi connectivity index (χ1n) is 24.2. The summed E-state index contributed by atoms with van der Waals surface area (Å²) in [5.74, 6) is 12.2. The number of nitrogens with one attached hydrogen (secondary N) is 3. The molecule has 2 aliphatic heterocycles. The van der Waals surface area contributed by atoms with E-state index in [1.165, 1.54) is 128 Å². The quantitative estimate of drug-likeness (QED) is 0.267. The minimum absolute atomic E-state index is 0.470. The molecule has 0 spiro atoms. The molecule has 0 aromatic rings. The molecule has 2 saturated heterocycles. The molecule has 8 saturated carbocycles. The molecule has 0 aromatic carbocycles. The Balaban J connectivity index is 0.871. The highest BCUT2D eigenvalue weighted by molar-refractivity contribution is 5.08. The summed E-state index contributed by atoms with van der Waals surface area (Å²) in [5.41, 5.74) is 0. The predicted octanol–water partition coefficient (Wildman–Crippen LogP) is 10.9. The number of fused-ring (bicyclic) bond motifs is 6. The van der Waals surface area contributed by atoms with Crippen LogP contribution >= 0.6 is 0 Å². The molecule has 0 radical (unpaired) electrons. The molecule has 2 heterocycles. The van der Waals surface area contributed by atoms with Gasteiger partial charge in [-0.15, -0.1) is 0 Å². The fourth-order valence-corrected chi connectivity index (χ4v) is 16.8. The van der Waals surface area contributed by atoms with Gasteiger partial charge in [0.2, 0.25) is 0 Å². The summed E-state index contributed by atoms with van der Waals surface area (Å²) < 4.78 is 7.46. The zero-order valence-electron chi connectivity index (χ0n) is 32.8. The Kier molecular flexibility index (Phi) is 10.9. The van der Waals surface area contributed by atoms with Gasteiger partial charge in [0.1, 0.15) is 0 Å². The lowest BCUT2D eigenvalue weighted by Gasteiger charge is -2.54. The minimum atomic E-state index is 0.470. The van der Waals surface area contributed by atoms with Crippen LogP contribution in [0.1, 0.15) is 186 Å². The standard InChI is InChI=1S/C47H79N3O/c1-3-14-33(15-4-1)45-48-46(34-16-5-2-6-17-34)50-47(49-45)39-23-12-24-42-43(39)41-29-40(37-20-9-10-21-38(37)44(41)51-42)32-27-25-31(26-28-32)36-22-11-18-30-13-7-8-19-35(30)36/h30-50H,1-29H2. The summed E-state index contributed by atoms with van der Waals surface area (Å²) in [6, 6.07) is 0. The van der Waals surface area contributed by atoms with Crippen LogP contribution in [0.5, 0.6) is 0 Å². The fraction of sp³-hybridized carbons (Fsp3) is 1.00. The molecule has 10 aliphatic rings. The van der Waals surface area contributed by atoms with E-state index in [1.807, 2.05) is 0 Å². The van der Waals surface area contributed by atoms with Gasteiger partial charge in [0.05, 0.1) is 30.7 Å². The van der Waals surface area contributed by atoms with E-state index in [0.29, 0.717) is 30.7 Å². The number of rotatable bonds is 5. The molecule has 51 heavy (non-hydrogen) atoms. The molecular weight excluding hydrogens is 623 g/mol. The average Bonchev–Trinajstić information content (AvgIpc) is 3.60. The van der Waals surface area contributed by atoms with Crippen molar-refractivity contribution >= 4 is 0 Å². The highest BCUT2D eigenvalue weighted by atomic mass is 16.5. The first-order chi connectivity index (χ1) is 25.3. The van der Waals surface area contributed by atoms with Crippen molar-refractivity contribution in [1.82, 2.24) is 16.0 Å². The largest absolute Gasteiger partial charge is 0.374 e. The van der Waals surface area contributed by atoms with Crippen LogP contribution in [0, 0.1) is 76.9 Å². The summed E-state index contributed by atoms with van der Waals surface area (Å²) in [6.45, 7) is 0. The Morgan fingerprint density at radius 3 is 1.43 bits per heavy atom. The Bertz CT molecular complexity index is 1100. The van der Waals surface area contributed by atoms with Crippen LogP contribution in [-0.4, -0.2) is 30.7 Å². The van der Waals surface area contributed by atoms with E-state index in [4.69, 9.17) is 4.74 Å². The Hall–Kier alpha value is -0.160. The molecule has 13 atom stereocenters. The van der Waals surface area contributed by atoms with E-state index >= 15 is 0 Å². The zero-order chi connectivity index (χ0) is 33.7. The first kappa shape index (κ1) is 35.3. The van der Waals surface area contributed by atoms with Gasteiger partial charge in [-0.05, 0) is 173 Å². The lowest BCUT2D eigenvalue weighted by atomic mass is 9.52. The molecule has 0 aromatic heterocycles. The maximum Gasteiger partial charge on any atom is 0.0641 e. The smallest absolute Gasteiger partial charge is 0.0641 e. The van der Waals surface area contributed by atoms with Crippen LogP contribution in [0.3, 0.4) is 0 Å². The minimum Gasteiger partial charge on any atom is -0.374 e. The van der Waals surface area contributed by atoms with Crippen LogP contribution in [0.2, 0.25) is 0 Å². The van der Waals surface area contributed by atoms with Gasteiger partial charge in [-0.25, -0.2) is 0 Å². The first-order valence-corrected chi connectivity index (χ1v) is 24.2. The summed E-state index contributed by atoms with van der Waals surface area (Å²) in [4.78, 5) is 0. The zero-order valence-corrected chi connectivity index (χ0v) is 32.8. The maximum atomic E-state index is 7.46. The van der Waals surface area contributed by atoms with Crippen molar-refractivity contribution in [2.24, 2.45) is 76.9 Å². The lowest BCUT2D eigenvalue weighted by molar-refractivity contribution is -0.0879. The molecule has 3 N–H and O–H groups in total. The summed E-state index contributed by atoms with van der Waals surface area (Å²) in [6.07, 6.45) is 45.8. The maximum absolute atomic E-state index is 7.46. The van der Waals surface area contributed by atoms with Crippen LogP contribution in [-0.2, 0) is 4.74 Å². The van der Waals surface area contributed by atoms with Gasteiger partial charge in [-0.2, -0.15) is 0 Å². The number of hydrogen-bond donors (Lipinski definition) is 3. The van der Waals surface area contributed by atoms with Crippen molar-refractivity contribution in [3.63, 3.8) is 0 Å². The van der Waals surface area contributed by atoms with E-state index < -0.39 is 0 Å². The van der Waals surface area contributed by atoms with Gasteiger partial charge in [-0.3, -0.25) is 16.0 Å². The third-order valence-electron chi connectivity index (χ3n) is 19.0. The van der Waals surface area contributed by atoms with Crippen LogP contribution in [0.15, 0.2) is 0 Å². The molecule has 4 heteroatoms. The van der Waals surface area contributed by atoms with Crippen LogP contribution in [0.25, 0.3) is 0 Å². The predicted molar refractivity (Wildman–Crippen MR) is 209 cm³/mol. The summed E-state index contributed by atoms with van der Waals surface area (Å²) >= 11 is 0. The molecule has 0 amide bonds. The second kappa shape index (κ2) is 15.8. The number of ether oxygens (including phenoxy) is 1. The van der Waals surface area contributed by atoms with E-state index in [0.717, 1.165) is 76.9 Å². The molecule has 4 nitrogen and oxygen atoms in total. The Morgan fingerprint density at radius 2 is 0.745 bits per heavy atom. The second-order valence-corrected chi connectivity index (χ2v) is 21.2. The van der Waals surface area contributed by atoms with Gasteiger partial charge in [0, 0.05) is 0 Å². The van der Waals surface area contributed by atoms with Crippen molar-refractivity contribution in [1.29, 1.82) is 0 Å². The van der Waals surface area contributed by atoms with Crippen LogP contribution < -0.4 is 16.0 Å². The van der Waals surface area contributed by atoms with Gasteiger partial charge in [0.25, 0.3) is 0 Å². The SMILES string of the molecule is C1CCC(C2NC(C3CCCCC3)NC(C3CCCC4OC5C6CCCCC6C(C6CCC(C7CCCC8CCCCC87)CC6)CC5C43)N2)CC1. The third kappa shape index (κ3) is 6.98. The topological polar surface area (TPSA) is 45.3 Å². The van der Waals surface area contributed by atoms with Gasteiger partial charge in [0.15, 0.2) is 0 Å². The van der Waals surface area contributed by atoms with Crippen molar-refractivity contribution in [3.05, 3.63) is 0 Å². The van der Waals surface area contributed by atoms with Gasteiger partial charge in [-0.1, -0.05) is 89.9 Å². The monoisotopic (exact) mass is 702 g/mol. The fourth-order valence-electron chi connectivity index (χ4n) is 16.8. The van der Waals surface area contributed by atoms with Gasteiger partial charge >= 0.3 is 0 Å². The van der Waals surface area contributed by atoms with E-state index in [9.17, 15) is 0 Å². The molecule has 10 rings (SSSR count). The Morgan fingerprint density at radius 1 is 0.294 bits per heavy atom. The molecule has 0 bridgehead atoms. The highest BCUT2D eigenvalue weighted by Gasteiger charge is 2.59. The summed E-state index contributed by atoms with van der Waals surface area (Å²) in [7, 11) is 0. The van der Waals surface area contributed by atoms with Crippen molar-refractivity contribution in [3.8, 4) is 0 Å². The average molecular weight is 702 g/mol. The van der Waals surface area contributed by atoms with Crippen molar-refractivity contribution in [2.45, 2.75) is 217 Å². The third-order valence-corrected chi connectivity index (χ3v) is 19.0. The molecular formula is C47H79N3O. The van der Waals surface area contributed by atoms with Crippen molar-refractivity contribution < 1.29 is 4.74 Å². The van der Waals surface area contributed by atoms with E-state index in [1.54, 1.807) is 57.8 Å². The highest BCUT2D eigenvalue weighted by Crippen LogP contribution is 2.60. The van der Waals surface area contributed by atoms with E-state index in [2.05, 4.69) is 16.0 Å². The van der Waals surface area contributed by atoms with Gasteiger partial charge < -0.3 is 4.74 Å². The molecule has 8 aliphatic carbocycles. The molecule has 13 unspecified atom stereocenters. The molecule has 288 valence electrons. The van der Waals surface area contributed by atoms with E-state index in [-0.39, 0.29) is 0 Å². The molecule has 10 fully saturated rings. The van der Waals surface area contributed by atoms with Crippen molar-refractivity contribution in [2.75, 3.05) is 0 Å². The lowest BCUT2D eigenvalue weighted by Crippen LogP contribution is -2.73. The summed E-state index contributed by atoms with van der Waals surface area (Å²) in [5, 5.41) is 13.0. The normalized spacial score (nSPS) is 51.5.